The van der Waals surface area contributed by atoms with E-state index in [0.717, 1.165) is 51.4 Å². The highest BCUT2D eigenvalue weighted by atomic mass is 35.5. The molecule has 0 saturated carbocycles. The number of nitrogens with zero attached hydrogens (tertiary/aromatic N) is 2. The first-order chi connectivity index (χ1) is 13.1. The first kappa shape index (κ1) is 19.9. The Bertz CT molecular complexity index is 711. The number of hydrogen-bond donors (Lipinski definition) is 0. The van der Waals surface area contributed by atoms with E-state index >= 15 is 0 Å². The second-order valence-electron chi connectivity index (χ2n) is 6.63. The lowest BCUT2D eigenvalue weighted by Gasteiger charge is -2.27. The maximum Gasteiger partial charge on any atom is 0.273 e. The minimum atomic E-state index is -0.412. The van der Waals surface area contributed by atoms with Gasteiger partial charge in [-0.25, -0.2) is 0 Å². The van der Waals surface area contributed by atoms with E-state index in [1.165, 1.54) is 4.90 Å². The highest BCUT2D eigenvalue weighted by Gasteiger charge is 2.37. The van der Waals surface area contributed by atoms with E-state index in [1.807, 2.05) is 6.92 Å². The van der Waals surface area contributed by atoms with Gasteiger partial charge in [-0.05, 0) is 30.5 Å². The Morgan fingerprint density at radius 1 is 1.07 bits per heavy atom. The molecule has 2 amide bonds. The minimum Gasteiger partial charge on any atom is -0.494 e. The van der Waals surface area contributed by atoms with Crippen molar-refractivity contribution in [3.8, 4) is 5.75 Å². The lowest BCUT2D eigenvalue weighted by atomic mass is 10.1. The van der Waals surface area contributed by atoms with Crippen LogP contribution in [0.15, 0.2) is 29.3 Å². The highest BCUT2D eigenvalue weighted by Crippen LogP contribution is 2.32. The number of hydrogen-bond acceptors (Lipinski definition) is 5. The Morgan fingerprint density at radius 3 is 2.44 bits per heavy atom. The number of halogens is 1. The Balaban J connectivity index is 1.61. The summed E-state index contributed by atoms with van der Waals surface area (Å²) in [5.41, 5.74) is 0.910. The zero-order chi connectivity index (χ0) is 19.2. The second-order valence-corrected chi connectivity index (χ2v) is 7.01. The van der Waals surface area contributed by atoms with Crippen molar-refractivity contribution in [2.45, 2.75) is 19.8 Å². The van der Waals surface area contributed by atoms with Crippen LogP contribution in [0.2, 0.25) is 0 Å². The summed E-state index contributed by atoms with van der Waals surface area (Å²) in [7, 11) is 0. The quantitative estimate of drug-likeness (QED) is 0.636. The van der Waals surface area contributed by atoms with Gasteiger partial charge in [0.2, 0.25) is 0 Å². The average molecular weight is 393 g/mol. The van der Waals surface area contributed by atoms with E-state index < -0.39 is 5.91 Å². The molecule has 7 heteroatoms. The maximum atomic E-state index is 12.8. The fourth-order valence-electron chi connectivity index (χ4n) is 3.21. The zero-order valence-electron chi connectivity index (χ0n) is 15.6. The average Bonchev–Trinajstić information content (AvgIpc) is 2.91. The van der Waals surface area contributed by atoms with Gasteiger partial charge in [-0.1, -0.05) is 30.7 Å². The monoisotopic (exact) mass is 392 g/mol. The number of rotatable bonds is 8. The van der Waals surface area contributed by atoms with Crippen LogP contribution in [0.3, 0.4) is 0 Å². The molecule has 6 nitrogen and oxygen atoms in total. The molecule has 0 unspecified atom stereocenters. The van der Waals surface area contributed by atoms with Gasteiger partial charge < -0.3 is 9.47 Å². The standard InChI is InChI=1S/C20H25ClN2O4/c1-2-12-27-16-6-4-15(5-7-16)17-18(21)20(25)23(19(17)24)9-3-8-22-10-13-26-14-11-22/h4-7H,2-3,8-14H2,1H3. The number of benzene rings is 1. The van der Waals surface area contributed by atoms with Crippen molar-refractivity contribution in [2.24, 2.45) is 0 Å². The van der Waals surface area contributed by atoms with Gasteiger partial charge in [0, 0.05) is 26.2 Å². The molecule has 1 aromatic carbocycles. The van der Waals surface area contributed by atoms with Crippen LogP contribution in [0.25, 0.3) is 5.57 Å². The molecule has 0 atom stereocenters. The van der Waals surface area contributed by atoms with Crippen LogP contribution >= 0.6 is 11.6 Å². The summed E-state index contributed by atoms with van der Waals surface area (Å²) in [5.74, 6) is -0.00406. The van der Waals surface area contributed by atoms with E-state index in [4.69, 9.17) is 21.1 Å². The molecule has 0 aromatic heterocycles. The topological polar surface area (TPSA) is 59.1 Å². The van der Waals surface area contributed by atoms with Gasteiger partial charge in [0.25, 0.3) is 11.8 Å². The van der Waals surface area contributed by atoms with Crippen molar-refractivity contribution >= 4 is 29.0 Å². The van der Waals surface area contributed by atoms with Crippen LogP contribution in [-0.4, -0.2) is 67.6 Å². The summed E-state index contributed by atoms with van der Waals surface area (Å²) in [5, 5.41) is -0.00593. The summed E-state index contributed by atoms with van der Waals surface area (Å²) in [4.78, 5) is 28.7. The molecule has 2 aliphatic rings. The SMILES string of the molecule is CCCOc1ccc(C2=C(Cl)C(=O)N(CCCN3CCOCC3)C2=O)cc1. The molecule has 0 bridgehead atoms. The molecular weight excluding hydrogens is 368 g/mol. The number of ether oxygens (including phenoxy) is 2. The third kappa shape index (κ3) is 4.69. The maximum absolute atomic E-state index is 12.8. The minimum absolute atomic E-state index is 0.00593. The summed E-state index contributed by atoms with van der Waals surface area (Å²) >= 11 is 6.21. The third-order valence-corrected chi connectivity index (χ3v) is 5.04. The van der Waals surface area contributed by atoms with Crippen molar-refractivity contribution in [3.63, 3.8) is 0 Å². The Morgan fingerprint density at radius 2 is 1.78 bits per heavy atom. The van der Waals surface area contributed by atoms with Gasteiger partial charge in [0.05, 0.1) is 25.4 Å². The fraction of sp³-hybridized carbons (Fsp3) is 0.500. The largest absolute Gasteiger partial charge is 0.494 e. The predicted octanol–water partition coefficient (Wildman–Crippen LogP) is 2.52. The molecular formula is C20H25ClN2O4. The molecule has 0 N–H and O–H groups in total. The van der Waals surface area contributed by atoms with Crippen molar-refractivity contribution in [2.75, 3.05) is 46.0 Å². The lowest BCUT2D eigenvalue weighted by Crippen LogP contribution is -2.39. The first-order valence-corrected chi connectivity index (χ1v) is 9.79. The van der Waals surface area contributed by atoms with Gasteiger partial charge in [0.1, 0.15) is 10.8 Å². The Hall–Kier alpha value is -1.89. The Kier molecular flexibility index (Phi) is 6.88. The Labute approximate surface area is 164 Å². The number of carbonyl (C=O) groups excluding carboxylic acids is 2. The normalized spacial score (nSPS) is 18.5. The molecule has 1 fully saturated rings. The van der Waals surface area contributed by atoms with Crippen LogP contribution in [0.1, 0.15) is 25.3 Å². The summed E-state index contributed by atoms with van der Waals surface area (Å²) in [6.45, 7) is 7.11. The molecule has 2 heterocycles. The summed E-state index contributed by atoms with van der Waals surface area (Å²) in [6, 6.07) is 7.12. The zero-order valence-corrected chi connectivity index (χ0v) is 16.3. The molecule has 1 saturated heterocycles. The number of morpholine rings is 1. The van der Waals surface area contributed by atoms with E-state index in [1.54, 1.807) is 24.3 Å². The second kappa shape index (κ2) is 9.35. The van der Waals surface area contributed by atoms with Gasteiger partial charge >= 0.3 is 0 Å². The molecule has 146 valence electrons. The summed E-state index contributed by atoms with van der Waals surface area (Å²) in [6.07, 6.45) is 1.64. The van der Waals surface area contributed by atoms with Gasteiger partial charge in [-0.3, -0.25) is 19.4 Å². The van der Waals surface area contributed by atoms with E-state index in [9.17, 15) is 9.59 Å². The van der Waals surface area contributed by atoms with Crippen molar-refractivity contribution < 1.29 is 19.1 Å². The molecule has 0 aliphatic carbocycles. The molecule has 27 heavy (non-hydrogen) atoms. The smallest absolute Gasteiger partial charge is 0.273 e. The van der Waals surface area contributed by atoms with Gasteiger partial charge in [-0.15, -0.1) is 0 Å². The van der Waals surface area contributed by atoms with E-state index in [0.29, 0.717) is 18.7 Å². The molecule has 3 rings (SSSR count). The number of amides is 2. The van der Waals surface area contributed by atoms with E-state index in [-0.39, 0.29) is 16.5 Å². The van der Waals surface area contributed by atoms with Crippen molar-refractivity contribution in [1.29, 1.82) is 0 Å². The van der Waals surface area contributed by atoms with Crippen LogP contribution in [0.4, 0.5) is 0 Å². The summed E-state index contributed by atoms with van der Waals surface area (Å²) < 4.78 is 10.9. The van der Waals surface area contributed by atoms with Gasteiger partial charge in [-0.2, -0.15) is 0 Å². The fourth-order valence-corrected chi connectivity index (χ4v) is 3.51. The van der Waals surface area contributed by atoms with Crippen LogP contribution in [0.5, 0.6) is 5.75 Å². The molecule has 2 aliphatic heterocycles. The molecule has 0 radical (unpaired) electrons. The van der Waals surface area contributed by atoms with E-state index in [2.05, 4.69) is 4.90 Å². The highest BCUT2D eigenvalue weighted by molar-refractivity contribution is 6.55. The van der Waals surface area contributed by atoms with Crippen molar-refractivity contribution in [3.05, 3.63) is 34.9 Å². The van der Waals surface area contributed by atoms with Crippen LogP contribution < -0.4 is 4.74 Å². The lowest BCUT2D eigenvalue weighted by molar-refractivity contribution is -0.136. The first-order valence-electron chi connectivity index (χ1n) is 9.41. The number of imide groups is 1. The molecule has 1 aromatic rings. The predicted molar refractivity (Wildman–Crippen MR) is 104 cm³/mol. The number of carbonyl (C=O) groups is 2. The third-order valence-electron chi connectivity index (χ3n) is 4.69. The van der Waals surface area contributed by atoms with Crippen LogP contribution in [-0.2, 0) is 14.3 Å². The van der Waals surface area contributed by atoms with Crippen molar-refractivity contribution in [1.82, 2.24) is 9.80 Å². The van der Waals surface area contributed by atoms with Crippen LogP contribution in [0, 0.1) is 0 Å². The molecule has 0 spiro atoms. The van der Waals surface area contributed by atoms with Gasteiger partial charge in [0.15, 0.2) is 0 Å².